The van der Waals surface area contributed by atoms with Gasteiger partial charge in [0.15, 0.2) is 0 Å². The largest absolute Gasteiger partial charge is 0.480 e. The molecule has 2 N–H and O–H groups in total. The van der Waals surface area contributed by atoms with E-state index in [1.54, 1.807) is 32.2 Å². The van der Waals surface area contributed by atoms with Gasteiger partial charge in [-0.1, -0.05) is 20.8 Å². The van der Waals surface area contributed by atoms with Gasteiger partial charge in [0.25, 0.3) is 5.91 Å². The predicted octanol–water partition coefficient (Wildman–Crippen LogP) is 2.58. The fraction of sp³-hybridized carbons (Fsp3) is 0.455. The first kappa shape index (κ1) is 14.4. The number of carboxylic acids is 1. The van der Waals surface area contributed by atoms with E-state index in [0.717, 1.165) is 2.88 Å². The predicted molar refractivity (Wildman–Crippen MR) is 75.4 cm³/mol. The highest BCUT2D eigenvalue weighted by molar-refractivity contribution is 14.1. The molecule has 0 aliphatic carbocycles. The van der Waals surface area contributed by atoms with Crippen molar-refractivity contribution in [2.75, 3.05) is 0 Å². The molecule has 0 radical (unpaired) electrons. The molecule has 17 heavy (non-hydrogen) atoms. The molecule has 0 fully saturated rings. The molecule has 4 nitrogen and oxygen atoms in total. The summed E-state index contributed by atoms with van der Waals surface area (Å²) in [6.07, 6.45) is 0. The second-order valence-corrected chi connectivity index (χ2v) is 7.56. The van der Waals surface area contributed by atoms with Crippen LogP contribution in [-0.4, -0.2) is 23.0 Å². The molecule has 0 aliphatic heterocycles. The van der Waals surface area contributed by atoms with Crippen LogP contribution >= 0.6 is 33.9 Å². The first-order chi connectivity index (χ1) is 7.71. The Kier molecular flexibility index (Phi) is 4.54. The average molecular weight is 367 g/mol. The lowest BCUT2D eigenvalue weighted by molar-refractivity contribution is -0.142. The van der Waals surface area contributed by atoms with Gasteiger partial charge in [0.05, 0.1) is 8.45 Å². The average Bonchev–Trinajstić information content (AvgIpc) is 2.58. The fourth-order valence-electron chi connectivity index (χ4n) is 1.29. The maximum atomic E-state index is 11.8. The van der Waals surface area contributed by atoms with Gasteiger partial charge in [-0.3, -0.25) is 4.79 Å². The van der Waals surface area contributed by atoms with Gasteiger partial charge in [0.1, 0.15) is 6.04 Å². The lowest BCUT2D eigenvalue weighted by atomic mass is 9.86. The minimum atomic E-state index is -1.02. The van der Waals surface area contributed by atoms with Crippen molar-refractivity contribution in [2.24, 2.45) is 5.41 Å². The number of hydrogen-bond acceptors (Lipinski definition) is 3. The second kappa shape index (κ2) is 5.34. The summed E-state index contributed by atoms with van der Waals surface area (Å²) in [7, 11) is 0. The van der Waals surface area contributed by atoms with E-state index in [9.17, 15) is 9.59 Å². The number of nitrogens with one attached hydrogen (secondary N) is 1. The van der Waals surface area contributed by atoms with E-state index in [2.05, 4.69) is 27.9 Å². The molecule has 0 saturated carbocycles. The number of thiophene rings is 1. The maximum Gasteiger partial charge on any atom is 0.326 e. The van der Waals surface area contributed by atoms with Gasteiger partial charge in [0.2, 0.25) is 0 Å². The van der Waals surface area contributed by atoms with Crippen LogP contribution in [0.15, 0.2) is 11.4 Å². The van der Waals surface area contributed by atoms with Crippen molar-refractivity contribution in [1.82, 2.24) is 5.32 Å². The summed E-state index contributed by atoms with van der Waals surface area (Å²) < 4.78 is 0.996. The number of amides is 1. The molecule has 0 spiro atoms. The SMILES string of the molecule is CC(C)(C)C(NC(=O)c1csc(I)c1)C(=O)O. The van der Waals surface area contributed by atoms with E-state index in [-0.39, 0.29) is 5.91 Å². The third-order valence-corrected chi connectivity index (χ3v) is 4.01. The Bertz CT molecular complexity index is 436. The smallest absolute Gasteiger partial charge is 0.326 e. The summed E-state index contributed by atoms with van der Waals surface area (Å²) in [6, 6.07) is 0.842. The second-order valence-electron chi connectivity index (χ2n) is 4.75. The lowest BCUT2D eigenvalue weighted by Gasteiger charge is -2.27. The number of carboxylic acid groups (broad SMARTS) is 1. The first-order valence-corrected chi connectivity index (χ1v) is 6.95. The quantitative estimate of drug-likeness (QED) is 0.808. The molecule has 6 heteroatoms. The van der Waals surface area contributed by atoms with Crippen LogP contribution in [0.3, 0.4) is 0 Å². The van der Waals surface area contributed by atoms with Crippen molar-refractivity contribution >= 4 is 45.8 Å². The summed E-state index contributed by atoms with van der Waals surface area (Å²) in [5.74, 6) is -1.36. The number of hydrogen-bond donors (Lipinski definition) is 2. The summed E-state index contributed by atoms with van der Waals surface area (Å²) in [4.78, 5) is 23.0. The van der Waals surface area contributed by atoms with Crippen LogP contribution in [0.5, 0.6) is 0 Å². The number of carbonyl (C=O) groups excluding carboxylic acids is 1. The van der Waals surface area contributed by atoms with Crippen molar-refractivity contribution in [3.63, 3.8) is 0 Å². The van der Waals surface area contributed by atoms with Crippen molar-refractivity contribution in [3.05, 3.63) is 19.9 Å². The summed E-state index contributed by atoms with van der Waals surface area (Å²) >= 11 is 3.57. The zero-order valence-corrected chi connectivity index (χ0v) is 12.8. The summed E-state index contributed by atoms with van der Waals surface area (Å²) in [5, 5.41) is 13.4. The fourth-order valence-corrected chi connectivity index (χ4v) is 2.62. The number of carbonyl (C=O) groups is 2. The normalized spacial score (nSPS) is 13.2. The third kappa shape index (κ3) is 3.95. The standard InChI is InChI=1S/C11H14INO3S/c1-11(2,3)8(10(15)16)13-9(14)6-4-7(12)17-5-6/h4-5,8H,1-3H3,(H,13,14)(H,15,16). The number of rotatable bonds is 3. The molecule has 1 aromatic heterocycles. The van der Waals surface area contributed by atoms with Gasteiger partial charge in [-0.15, -0.1) is 11.3 Å². The van der Waals surface area contributed by atoms with E-state index in [1.807, 2.05) is 0 Å². The van der Waals surface area contributed by atoms with Crippen molar-refractivity contribution in [3.8, 4) is 0 Å². The molecule has 1 rings (SSSR count). The van der Waals surface area contributed by atoms with Crippen molar-refractivity contribution in [2.45, 2.75) is 26.8 Å². The first-order valence-electron chi connectivity index (χ1n) is 4.99. The molecule has 0 saturated heterocycles. The molecule has 0 aliphatic rings. The van der Waals surface area contributed by atoms with Gasteiger partial charge in [-0.05, 0) is 34.1 Å². The molecule has 0 bridgehead atoms. The van der Waals surface area contributed by atoms with Crippen LogP contribution < -0.4 is 5.32 Å². The Morgan fingerprint density at radius 2 is 2.06 bits per heavy atom. The van der Waals surface area contributed by atoms with E-state index in [0.29, 0.717) is 5.56 Å². The van der Waals surface area contributed by atoms with E-state index in [4.69, 9.17) is 5.11 Å². The molecule has 1 unspecified atom stereocenters. The third-order valence-electron chi connectivity index (χ3n) is 2.22. The van der Waals surface area contributed by atoms with Crippen LogP contribution in [0, 0.1) is 8.30 Å². The van der Waals surface area contributed by atoms with Crippen molar-refractivity contribution < 1.29 is 14.7 Å². The molecular formula is C11H14INO3S. The van der Waals surface area contributed by atoms with Crippen LogP contribution in [0.2, 0.25) is 0 Å². The number of halogens is 1. The van der Waals surface area contributed by atoms with E-state index in [1.165, 1.54) is 11.3 Å². The summed E-state index contributed by atoms with van der Waals surface area (Å²) in [6.45, 7) is 5.34. The van der Waals surface area contributed by atoms with Gasteiger partial charge < -0.3 is 10.4 Å². The monoisotopic (exact) mass is 367 g/mol. The van der Waals surface area contributed by atoms with Gasteiger partial charge in [0, 0.05) is 5.38 Å². The zero-order chi connectivity index (χ0) is 13.2. The Morgan fingerprint density at radius 3 is 2.41 bits per heavy atom. The Hall–Kier alpha value is -0.630. The molecular weight excluding hydrogens is 353 g/mol. The van der Waals surface area contributed by atoms with Crippen LogP contribution in [0.4, 0.5) is 0 Å². The molecule has 1 amide bonds. The molecule has 0 aromatic carbocycles. The lowest BCUT2D eigenvalue weighted by Crippen LogP contribution is -2.49. The van der Waals surface area contributed by atoms with Gasteiger partial charge in [-0.25, -0.2) is 4.79 Å². The van der Waals surface area contributed by atoms with Gasteiger partial charge >= 0.3 is 5.97 Å². The van der Waals surface area contributed by atoms with Crippen LogP contribution in [0.25, 0.3) is 0 Å². The molecule has 94 valence electrons. The van der Waals surface area contributed by atoms with E-state index < -0.39 is 17.4 Å². The zero-order valence-electron chi connectivity index (χ0n) is 9.78. The van der Waals surface area contributed by atoms with Crippen molar-refractivity contribution in [1.29, 1.82) is 0 Å². The minimum Gasteiger partial charge on any atom is -0.480 e. The highest BCUT2D eigenvalue weighted by atomic mass is 127. The van der Waals surface area contributed by atoms with Crippen LogP contribution in [0.1, 0.15) is 31.1 Å². The highest BCUT2D eigenvalue weighted by Gasteiger charge is 2.32. The highest BCUT2D eigenvalue weighted by Crippen LogP contribution is 2.21. The summed E-state index contributed by atoms with van der Waals surface area (Å²) in [5.41, 5.74) is -0.0140. The molecule has 1 heterocycles. The van der Waals surface area contributed by atoms with Crippen LogP contribution in [-0.2, 0) is 4.79 Å². The Balaban J connectivity index is 2.82. The topological polar surface area (TPSA) is 66.4 Å². The minimum absolute atomic E-state index is 0.341. The molecule has 1 atom stereocenters. The number of aliphatic carboxylic acids is 1. The van der Waals surface area contributed by atoms with Gasteiger partial charge in [-0.2, -0.15) is 0 Å². The Morgan fingerprint density at radius 1 is 1.47 bits per heavy atom. The maximum absolute atomic E-state index is 11.8. The van der Waals surface area contributed by atoms with E-state index >= 15 is 0 Å². The Labute approximate surface area is 118 Å². The molecule has 1 aromatic rings.